The molecule has 3 aromatic rings. The summed E-state index contributed by atoms with van der Waals surface area (Å²) in [6.07, 6.45) is 3.34. The Hall–Kier alpha value is -4.22. The smallest absolute Gasteiger partial charge is 0.239 e. The van der Waals surface area contributed by atoms with E-state index in [0.717, 1.165) is 16.8 Å². The van der Waals surface area contributed by atoms with Crippen molar-refractivity contribution in [2.24, 2.45) is 0 Å². The fraction of sp³-hybridized carbons (Fsp3) is 0.455. The predicted octanol–water partition coefficient (Wildman–Crippen LogP) is 2.83. The molecule has 2 atom stereocenters. The molecular weight excluding hydrogens is 562 g/mol. The van der Waals surface area contributed by atoms with Gasteiger partial charge in [-0.3, -0.25) is 19.1 Å². The Labute approximate surface area is 257 Å². The first-order valence-electron chi connectivity index (χ1n) is 15.3. The number of piperidine rings is 1. The summed E-state index contributed by atoms with van der Waals surface area (Å²) in [6.45, 7) is 3.60. The predicted molar refractivity (Wildman–Crippen MR) is 163 cm³/mol. The van der Waals surface area contributed by atoms with Gasteiger partial charge in [-0.15, -0.1) is 0 Å². The van der Waals surface area contributed by atoms with Gasteiger partial charge in [-0.1, -0.05) is 24.3 Å². The summed E-state index contributed by atoms with van der Waals surface area (Å²) in [4.78, 5) is 43.0. The third-order valence-corrected chi connectivity index (χ3v) is 8.14. The van der Waals surface area contributed by atoms with Crippen LogP contribution in [0.4, 0.5) is 0 Å². The number of rotatable bonds is 6. The van der Waals surface area contributed by atoms with Crippen LogP contribution in [0.1, 0.15) is 42.5 Å². The van der Waals surface area contributed by atoms with E-state index in [4.69, 9.17) is 9.47 Å². The number of nitrogens with one attached hydrogen (secondary N) is 1. The Kier molecular flexibility index (Phi) is 10.6. The molecule has 2 N–H and O–H groups in total. The lowest BCUT2D eigenvalue weighted by Gasteiger charge is -2.39. The molecule has 4 heterocycles. The number of aliphatic hydroxyl groups excluding tert-OH is 1. The molecule has 0 aliphatic carbocycles. The Morgan fingerprint density at radius 2 is 1.89 bits per heavy atom. The molecule has 1 saturated heterocycles. The van der Waals surface area contributed by atoms with Gasteiger partial charge in [0.05, 0.1) is 25.3 Å². The van der Waals surface area contributed by atoms with Gasteiger partial charge in [0.2, 0.25) is 17.7 Å². The Balaban J connectivity index is 1.33. The first-order valence-corrected chi connectivity index (χ1v) is 15.3. The molecule has 1 aromatic heterocycles. The highest BCUT2D eigenvalue weighted by Gasteiger charge is 2.34. The van der Waals surface area contributed by atoms with E-state index in [1.807, 2.05) is 61.5 Å². The number of hydrogen-bond donors (Lipinski definition) is 2. The van der Waals surface area contributed by atoms with Crippen LogP contribution < -0.4 is 10.1 Å². The van der Waals surface area contributed by atoms with E-state index in [1.54, 1.807) is 15.8 Å². The SMILES string of the molecule is Cc1ccnn1CCC(=O)N1CC[C@@H]2OCc3cccc(c3)Oc3ccc(cc3)CCC(=O)N(CCCO)CC(=O)N[C@H]2C1. The first kappa shape index (κ1) is 31.2. The maximum absolute atomic E-state index is 13.4. The number of carbonyl (C=O) groups is 3. The fourth-order valence-corrected chi connectivity index (χ4v) is 5.64. The lowest BCUT2D eigenvalue weighted by molar-refractivity contribution is -0.139. The minimum absolute atomic E-state index is 0.0143. The van der Waals surface area contributed by atoms with Crippen molar-refractivity contribution >= 4 is 17.7 Å². The van der Waals surface area contributed by atoms with E-state index >= 15 is 0 Å². The van der Waals surface area contributed by atoms with Gasteiger partial charge in [0.1, 0.15) is 11.5 Å². The quantitative estimate of drug-likeness (QED) is 0.444. The average molecular weight is 604 g/mol. The Morgan fingerprint density at radius 1 is 1.05 bits per heavy atom. The van der Waals surface area contributed by atoms with Crippen LogP contribution in [0.2, 0.25) is 0 Å². The zero-order valence-corrected chi connectivity index (χ0v) is 25.2. The summed E-state index contributed by atoms with van der Waals surface area (Å²) < 4.78 is 14.2. The molecule has 0 unspecified atom stereocenters. The second-order valence-corrected chi connectivity index (χ2v) is 11.4. The molecule has 4 bridgehead atoms. The van der Waals surface area contributed by atoms with Gasteiger partial charge in [0.15, 0.2) is 0 Å². The lowest BCUT2D eigenvalue weighted by Crippen LogP contribution is -2.58. The number of likely N-dealkylation sites (tertiary alicyclic amines) is 1. The molecular formula is C33H41N5O6. The Bertz CT molecular complexity index is 1420. The molecule has 0 spiro atoms. The van der Waals surface area contributed by atoms with E-state index < -0.39 is 6.04 Å². The number of benzene rings is 2. The highest BCUT2D eigenvalue weighted by atomic mass is 16.5. The topological polar surface area (TPSA) is 126 Å². The minimum Gasteiger partial charge on any atom is -0.457 e. The first-order chi connectivity index (χ1) is 21.4. The molecule has 3 aliphatic rings. The third-order valence-electron chi connectivity index (χ3n) is 8.14. The van der Waals surface area contributed by atoms with Crippen LogP contribution >= 0.6 is 0 Å². The van der Waals surface area contributed by atoms with Crippen molar-refractivity contribution in [2.45, 2.75) is 64.3 Å². The molecule has 234 valence electrons. The van der Waals surface area contributed by atoms with Crippen molar-refractivity contribution in [1.29, 1.82) is 0 Å². The molecule has 6 rings (SSSR count). The van der Waals surface area contributed by atoms with Gasteiger partial charge >= 0.3 is 0 Å². The van der Waals surface area contributed by atoms with Crippen molar-refractivity contribution in [3.8, 4) is 11.5 Å². The normalized spacial score (nSPS) is 19.8. The molecule has 2 aromatic carbocycles. The number of ether oxygens (including phenoxy) is 2. The van der Waals surface area contributed by atoms with E-state index in [2.05, 4.69) is 10.4 Å². The molecule has 0 radical (unpaired) electrons. The molecule has 3 aliphatic heterocycles. The van der Waals surface area contributed by atoms with Gasteiger partial charge in [0, 0.05) is 57.5 Å². The largest absolute Gasteiger partial charge is 0.457 e. The lowest BCUT2D eigenvalue weighted by atomic mass is 10.0. The van der Waals surface area contributed by atoms with Crippen LogP contribution in [0.5, 0.6) is 11.5 Å². The second kappa shape index (κ2) is 15.0. The summed E-state index contributed by atoms with van der Waals surface area (Å²) in [7, 11) is 0. The molecule has 11 heteroatoms. The number of fused-ring (bicyclic) bond motifs is 9. The van der Waals surface area contributed by atoms with Crippen molar-refractivity contribution in [2.75, 3.05) is 32.8 Å². The number of aliphatic hydroxyl groups is 1. The fourth-order valence-electron chi connectivity index (χ4n) is 5.64. The average Bonchev–Trinajstić information content (AvgIpc) is 3.44. The highest BCUT2D eigenvalue weighted by molar-refractivity contribution is 5.85. The summed E-state index contributed by atoms with van der Waals surface area (Å²) in [5, 5.41) is 16.8. The molecule has 11 nitrogen and oxygen atoms in total. The summed E-state index contributed by atoms with van der Waals surface area (Å²) in [6, 6.07) is 16.8. The molecule has 0 saturated carbocycles. The van der Waals surface area contributed by atoms with Crippen LogP contribution in [-0.4, -0.2) is 87.3 Å². The monoisotopic (exact) mass is 603 g/mol. The van der Waals surface area contributed by atoms with E-state index in [0.29, 0.717) is 63.4 Å². The van der Waals surface area contributed by atoms with Crippen LogP contribution in [0, 0.1) is 6.92 Å². The number of carbonyl (C=O) groups excluding carboxylic acids is 3. The van der Waals surface area contributed by atoms with Crippen LogP contribution in [0.25, 0.3) is 0 Å². The van der Waals surface area contributed by atoms with E-state index in [-0.39, 0.29) is 49.9 Å². The van der Waals surface area contributed by atoms with Gasteiger partial charge < -0.3 is 29.7 Å². The summed E-state index contributed by atoms with van der Waals surface area (Å²) in [5.74, 6) is 0.873. The van der Waals surface area contributed by atoms with Gasteiger partial charge in [-0.05, 0) is 67.6 Å². The number of aryl methyl sites for hydroxylation is 3. The van der Waals surface area contributed by atoms with Crippen molar-refractivity contribution in [3.63, 3.8) is 0 Å². The standard InChI is InChI=1S/C33H41N5O6/c1-24-12-15-34-38(24)18-14-33(42)37-17-13-30-29(21-37)35-31(40)22-36(16-3-19-39)32(41)11-8-25-6-9-27(10-7-25)44-28-5-2-4-26(20-28)23-43-30/h2,4-7,9-10,12,15,20,29-30,39H,3,8,11,13-14,16-19,21-23H2,1H3,(H,35,40)/t29-,30-/m0/s1. The van der Waals surface area contributed by atoms with Crippen molar-refractivity contribution < 1.29 is 29.0 Å². The zero-order valence-electron chi connectivity index (χ0n) is 25.2. The van der Waals surface area contributed by atoms with Gasteiger partial charge in [-0.2, -0.15) is 5.10 Å². The molecule has 3 amide bonds. The van der Waals surface area contributed by atoms with Crippen LogP contribution in [0.15, 0.2) is 60.8 Å². The number of aromatic nitrogens is 2. The minimum atomic E-state index is -0.460. The van der Waals surface area contributed by atoms with Crippen LogP contribution in [-0.2, 0) is 38.7 Å². The third kappa shape index (κ3) is 8.45. The summed E-state index contributed by atoms with van der Waals surface area (Å²) in [5.41, 5.74) is 2.90. The number of amides is 3. The van der Waals surface area contributed by atoms with E-state index in [9.17, 15) is 19.5 Å². The van der Waals surface area contributed by atoms with Crippen molar-refractivity contribution in [1.82, 2.24) is 24.9 Å². The highest BCUT2D eigenvalue weighted by Crippen LogP contribution is 2.25. The van der Waals surface area contributed by atoms with Gasteiger partial charge in [-0.25, -0.2) is 0 Å². The van der Waals surface area contributed by atoms with Crippen molar-refractivity contribution in [3.05, 3.63) is 77.6 Å². The number of nitrogens with zero attached hydrogens (tertiary/aromatic N) is 4. The maximum Gasteiger partial charge on any atom is 0.239 e. The maximum atomic E-state index is 13.4. The van der Waals surface area contributed by atoms with E-state index in [1.165, 1.54) is 4.90 Å². The second-order valence-electron chi connectivity index (χ2n) is 11.4. The molecule has 1 fully saturated rings. The zero-order chi connectivity index (χ0) is 30.9. The van der Waals surface area contributed by atoms with Crippen LogP contribution in [0.3, 0.4) is 0 Å². The summed E-state index contributed by atoms with van der Waals surface area (Å²) >= 11 is 0. The van der Waals surface area contributed by atoms with Gasteiger partial charge in [0.25, 0.3) is 0 Å². The number of hydrogen-bond acceptors (Lipinski definition) is 7. The Morgan fingerprint density at radius 3 is 2.66 bits per heavy atom. The molecule has 44 heavy (non-hydrogen) atoms.